The molecule has 0 N–H and O–H groups in total. The Bertz CT molecular complexity index is 1310. The summed E-state index contributed by atoms with van der Waals surface area (Å²) < 4.78 is 26.8. The molecule has 3 fully saturated rings. The van der Waals surface area contributed by atoms with E-state index in [0.717, 1.165) is 81.4 Å². The molecular formula is C25H27ClFN7O2. The third-order valence-electron chi connectivity index (χ3n) is 7.84. The van der Waals surface area contributed by atoms with E-state index in [1.165, 1.54) is 17.8 Å². The molecule has 3 aromatic rings. The summed E-state index contributed by atoms with van der Waals surface area (Å²) in [6, 6.07) is 7.83. The van der Waals surface area contributed by atoms with E-state index in [1.54, 1.807) is 7.11 Å². The second-order valence-corrected chi connectivity index (χ2v) is 10.8. The van der Waals surface area contributed by atoms with Gasteiger partial charge in [-0.05, 0) is 30.2 Å². The van der Waals surface area contributed by atoms with Crippen LogP contribution in [0.1, 0.15) is 17.8 Å². The first kappa shape index (κ1) is 22.3. The van der Waals surface area contributed by atoms with Gasteiger partial charge in [0.1, 0.15) is 5.82 Å². The molecule has 7 rings (SSSR count). The second kappa shape index (κ2) is 8.29. The van der Waals surface area contributed by atoms with Gasteiger partial charge in [-0.15, -0.1) is 10.2 Å². The van der Waals surface area contributed by atoms with E-state index in [4.69, 9.17) is 21.1 Å². The van der Waals surface area contributed by atoms with Gasteiger partial charge in [0.05, 0.1) is 32.1 Å². The summed E-state index contributed by atoms with van der Waals surface area (Å²) in [5, 5.41) is 10.0. The second-order valence-electron chi connectivity index (χ2n) is 10.3. The average Bonchev–Trinajstić information content (AvgIpc) is 3.46. The van der Waals surface area contributed by atoms with Crippen LogP contribution in [-0.4, -0.2) is 77.2 Å². The standard InChI is InChI=1S/C25H27ClFN7O2/c1-35-21-7-18(27)8-28-23(21)32-12-25(13-32)14-33(15-25)24-30-29-22-10-31(19-4-5-36-11-19)9-16-6-17(26)2-3-20(16)34(22)24/h2-3,6-8,19H,4-5,9-15H2,1H3/t19-/m0/s1. The number of anilines is 2. The van der Waals surface area contributed by atoms with Crippen LogP contribution in [0.25, 0.3) is 5.69 Å². The van der Waals surface area contributed by atoms with Crippen LogP contribution in [0.2, 0.25) is 5.02 Å². The first-order valence-electron chi connectivity index (χ1n) is 12.3. The minimum Gasteiger partial charge on any atom is -0.493 e. The van der Waals surface area contributed by atoms with Gasteiger partial charge in [-0.1, -0.05) is 11.6 Å². The van der Waals surface area contributed by atoms with Crippen molar-refractivity contribution in [2.75, 3.05) is 56.3 Å². The Morgan fingerprint density at radius 3 is 2.72 bits per heavy atom. The Morgan fingerprint density at radius 1 is 1.11 bits per heavy atom. The van der Waals surface area contributed by atoms with Gasteiger partial charge >= 0.3 is 0 Å². The van der Waals surface area contributed by atoms with E-state index in [-0.39, 0.29) is 5.41 Å². The van der Waals surface area contributed by atoms with Crippen molar-refractivity contribution in [1.82, 2.24) is 24.6 Å². The van der Waals surface area contributed by atoms with Crippen LogP contribution in [0, 0.1) is 11.2 Å². The maximum Gasteiger partial charge on any atom is 0.231 e. The van der Waals surface area contributed by atoms with Crippen LogP contribution < -0.4 is 14.5 Å². The molecule has 3 saturated heterocycles. The van der Waals surface area contributed by atoms with Crippen molar-refractivity contribution >= 4 is 23.4 Å². The summed E-state index contributed by atoms with van der Waals surface area (Å²) >= 11 is 6.40. The SMILES string of the molecule is COc1cc(F)cnc1N1CC2(C1)CN(c1nnc3n1-c1ccc(Cl)cc1CN([C@H]1CCOC1)C3)C2. The maximum atomic E-state index is 13.6. The molecular weight excluding hydrogens is 485 g/mol. The largest absolute Gasteiger partial charge is 0.493 e. The van der Waals surface area contributed by atoms with Crippen molar-refractivity contribution in [1.29, 1.82) is 0 Å². The quantitative estimate of drug-likeness (QED) is 0.529. The summed E-state index contributed by atoms with van der Waals surface area (Å²) in [6.45, 7) is 6.53. The van der Waals surface area contributed by atoms with E-state index in [9.17, 15) is 4.39 Å². The van der Waals surface area contributed by atoms with Crippen molar-refractivity contribution in [2.45, 2.75) is 25.6 Å². The highest BCUT2D eigenvalue weighted by atomic mass is 35.5. The first-order valence-corrected chi connectivity index (χ1v) is 12.6. The van der Waals surface area contributed by atoms with Gasteiger partial charge in [-0.2, -0.15) is 0 Å². The maximum absolute atomic E-state index is 13.6. The Kier molecular flexibility index (Phi) is 5.13. The van der Waals surface area contributed by atoms with Crippen molar-refractivity contribution in [3.8, 4) is 11.4 Å². The summed E-state index contributed by atoms with van der Waals surface area (Å²) in [7, 11) is 1.55. The smallest absolute Gasteiger partial charge is 0.231 e. The fourth-order valence-electron chi connectivity index (χ4n) is 6.10. The number of fused-ring (bicyclic) bond motifs is 3. The minimum absolute atomic E-state index is 0.161. The molecule has 11 heteroatoms. The van der Waals surface area contributed by atoms with Crippen molar-refractivity contribution < 1.29 is 13.9 Å². The lowest BCUT2D eigenvalue weighted by Gasteiger charge is -2.60. The third kappa shape index (κ3) is 3.54. The lowest BCUT2D eigenvalue weighted by molar-refractivity contribution is 0.133. The lowest BCUT2D eigenvalue weighted by Crippen LogP contribution is -2.73. The molecule has 1 spiro atoms. The average molecular weight is 512 g/mol. The van der Waals surface area contributed by atoms with Crippen LogP contribution in [0.5, 0.6) is 5.75 Å². The third-order valence-corrected chi connectivity index (χ3v) is 8.08. The molecule has 0 saturated carbocycles. The summed E-state index contributed by atoms with van der Waals surface area (Å²) in [5.74, 6) is 2.58. The van der Waals surface area contributed by atoms with E-state index in [2.05, 4.69) is 46.6 Å². The molecule has 0 bridgehead atoms. The Hall–Kier alpha value is -2.95. The van der Waals surface area contributed by atoms with Gasteiger partial charge < -0.3 is 19.3 Å². The Balaban J connectivity index is 1.13. The van der Waals surface area contributed by atoms with Crippen LogP contribution in [-0.2, 0) is 17.8 Å². The zero-order valence-corrected chi connectivity index (χ0v) is 20.8. The highest BCUT2D eigenvalue weighted by Gasteiger charge is 2.54. The van der Waals surface area contributed by atoms with Crippen molar-refractivity contribution in [2.24, 2.45) is 5.41 Å². The molecule has 4 aliphatic heterocycles. The predicted octanol–water partition coefficient (Wildman–Crippen LogP) is 2.89. The molecule has 1 atom stereocenters. The molecule has 0 amide bonds. The molecule has 0 radical (unpaired) electrons. The minimum atomic E-state index is -0.395. The zero-order valence-electron chi connectivity index (χ0n) is 20.0. The first-order chi connectivity index (χ1) is 17.5. The number of nitrogens with zero attached hydrogens (tertiary/aromatic N) is 7. The summed E-state index contributed by atoms with van der Waals surface area (Å²) in [4.78, 5) is 11.2. The Morgan fingerprint density at radius 2 is 1.94 bits per heavy atom. The van der Waals surface area contributed by atoms with E-state index in [0.29, 0.717) is 17.6 Å². The number of pyridine rings is 1. The molecule has 188 valence electrons. The van der Waals surface area contributed by atoms with E-state index >= 15 is 0 Å². The normalized spacial score (nSPS) is 22.6. The highest BCUT2D eigenvalue weighted by Crippen LogP contribution is 2.45. The van der Waals surface area contributed by atoms with Gasteiger partial charge in [0.15, 0.2) is 17.4 Å². The predicted molar refractivity (Wildman–Crippen MR) is 132 cm³/mol. The number of ether oxygens (including phenoxy) is 2. The van der Waals surface area contributed by atoms with Gasteiger partial charge in [0.2, 0.25) is 5.95 Å². The van der Waals surface area contributed by atoms with Crippen LogP contribution >= 0.6 is 11.6 Å². The number of rotatable bonds is 4. The van der Waals surface area contributed by atoms with Crippen molar-refractivity contribution in [3.63, 3.8) is 0 Å². The fraction of sp³-hybridized carbons (Fsp3) is 0.480. The van der Waals surface area contributed by atoms with Gasteiger partial charge in [0, 0.05) is 61.9 Å². The molecule has 1 aromatic carbocycles. The summed E-state index contributed by atoms with van der Waals surface area (Å²) in [5.41, 5.74) is 2.43. The van der Waals surface area contributed by atoms with Crippen molar-refractivity contribution in [3.05, 3.63) is 52.7 Å². The van der Waals surface area contributed by atoms with Crippen LogP contribution in [0.15, 0.2) is 30.5 Å². The molecule has 6 heterocycles. The fourth-order valence-corrected chi connectivity index (χ4v) is 6.30. The topological polar surface area (TPSA) is 71.8 Å². The van der Waals surface area contributed by atoms with Gasteiger partial charge in [0.25, 0.3) is 0 Å². The highest BCUT2D eigenvalue weighted by molar-refractivity contribution is 6.30. The van der Waals surface area contributed by atoms with Crippen LogP contribution in [0.3, 0.4) is 0 Å². The number of hydrogen-bond donors (Lipinski definition) is 0. The molecule has 9 nitrogen and oxygen atoms in total. The van der Waals surface area contributed by atoms with Crippen LogP contribution in [0.4, 0.5) is 16.2 Å². The monoisotopic (exact) mass is 511 g/mol. The molecule has 4 aliphatic rings. The number of halogens is 2. The number of aromatic nitrogens is 4. The van der Waals surface area contributed by atoms with E-state index in [1.807, 2.05) is 6.07 Å². The molecule has 0 aliphatic carbocycles. The molecule has 0 unspecified atom stereocenters. The van der Waals surface area contributed by atoms with Gasteiger partial charge in [-0.25, -0.2) is 9.37 Å². The zero-order chi connectivity index (χ0) is 24.4. The number of methoxy groups -OCH3 is 1. The summed E-state index contributed by atoms with van der Waals surface area (Å²) in [6.07, 6.45) is 2.27. The number of benzene rings is 1. The molecule has 2 aromatic heterocycles. The van der Waals surface area contributed by atoms with E-state index < -0.39 is 5.82 Å². The van der Waals surface area contributed by atoms with Gasteiger partial charge in [-0.3, -0.25) is 9.47 Å². The molecule has 36 heavy (non-hydrogen) atoms. The Labute approximate surface area is 213 Å². The number of hydrogen-bond acceptors (Lipinski definition) is 8. The lowest BCUT2D eigenvalue weighted by atomic mass is 9.73.